The highest BCUT2D eigenvalue weighted by atomic mass is 33.1. The zero-order valence-corrected chi connectivity index (χ0v) is 11.7. The van der Waals surface area contributed by atoms with Crippen molar-refractivity contribution in [2.75, 3.05) is 25.6 Å². The molecule has 16 heavy (non-hydrogen) atoms. The van der Waals surface area contributed by atoms with E-state index >= 15 is 0 Å². The van der Waals surface area contributed by atoms with E-state index in [4.69, 9.17) is 0 Å². The number of amides is 2. The Morgan fingerprint density at radius 3 is 2.62 bits per heavy atom. The lowest BCUT2D eigenvalue weighted by molar-refractivity contribution is -0.136. The van der Waals surface area contributed by atoms with Gasteiger partial charge in [0.1, 0.15) is 6.04 Å². The molecule has 6 heteroatoms. The minimum absolute atomic E-state index is 0.0412. The van der Waals surface area contributed by atoms with Crippen molar-refractivity contribution in [2.45, 2.75) is 19.9 Å². The van der Waals surface area contributed by atoms with E-state index in [9.17, 15) is 9.59 Å². The molecule has 2 amide bonds. The highest BCUT2D eigenvalue weighted by Crippen LogP contribution is 2.33. The molecule has 1 rings (SSSR count). The maximum Gasteiger partial charge on any atom is 0.245 e. The van der Waals surface area contributed by atoms with Crippen LogP contribution in [0.15, 0.2) is 0 Å². The van der Waals surface area contributed by atoms with Gasteiger partial charge in [-0.05, 0) is 0 Å². The van der Waals surface area contributed by atoms with Gasteiger partial charge in [0.25, 0.3) is 0 Å². The average Bonchev–Trinajstić information content (AvgIpc) is 2.19. The second-order valence-electron chi connectivity index (χ2n) is 4.69. The van der Waals surface area contributed by atoms with Crippen LogP contribution in [0.1, 0.15) is 13.8 Å². The molecule has 0 aromatic heterocycles. The molecule has 1 N–H and O–H groups in total. The quantitative estimate of drug-likeness (QED) is 0.716. The van der Waals surface area contributed by atoms with Crippen molar-refractivity contribution in [3.05, 3.63) is 0 Å². The van der Waals surface area contributed by atoms with Gasteiger partial charge >= 0.3 is 0 Å². The lowest BCUT2D eigenvalue weighted by atomic mass is 9.95. The maximum absolute atomic E-state index is 11.9. The van der Waals surface area contributed by atoms with E-state index in [1.165, 1.54) is 4.90 Å². The predicted octanol–water partition coefficient (Wildman–Crippen LogP) is 0.981. The summed E-state index contributed by atoms with van der Waals surface area (Å²) in [5.74, 6) is 1.32. The monoisotopic (exact) mass is 262 g/mol. The molecular formula is C10H18N2O2S2. The van der Waals surface area contributed by atoms with E-state index < -0.39 is 11.5 Å². The molecule has 1 aliphatic rings. The van der Waals surface area contributed by atoms with Gasteiger partial charge in [-0.2, -0.15) is 0 Å². The minimum Gasteiger partial charge on any atom is -0.347 e. The van der Waals surface area contributed by atoms with Crippen LogP contribution >= 0.6 is 21.6 Å². The third kappa shape index (κ3) is 3.31. The summed E-state index contributed by atoms with van der Waals surface area (Å²) < 4.78 is 0. The molecule has 1 atom stereocenters. The van der Waals surface area contributed by atoms with Crippen LogP contribution in [0.2, 0.25) is 0 Å². The molecule has 1 fully saturated rings. The molecular weight excluding hydrogens is 244 g/mol. The smallest absolute Gasteiger partial charge is 0.245 e. The fourth-order valence-electron chi connectivity index (χ4n) is 1.21. The molecule has 0 saturated carbocycles. The van der Waals surface area contributed by atoms with Crippen molar-refractivity contribution in [3.8, 4) is 0 Å². The second-order valence-corrected chi connectivity index (χ2v) is 7.20. The standard InChI is InChI=1S/C10H18N2O2S2/c1-10(2)6-16-15-5-7(11-9(10)14)8(13)12(3)4/h7H,5-6H2,1-4H3,(H,11,14)/t7-/m0/s1. The lowest BCUT2D eigenvalue weighted by Crippen LogP contribution is -2.52. The van der Waals surface area contributed by atoms with E-state index in [1.54, 1.807) is 35.7 Å². The Kier molecular flexibility index (Phi) is 4.55. The van der Waals surface area contributed by atoms with Gasteiger partial charge in [-0.3, -0.25) is 9.59 Å². The predicted molar refractivity (Wildman–Crippen MR) is 69.3 cm³/mol. The van der Waals surface area contributed by atoms with E-state index in [0.29, 0.717) is 5.75 Å². The zero-order valence-electron chi connectivity index (χ0n) is 10.1. The first kappa shape index (κ1) is 13.7. The Balaban J connectivity index is 2.74. The number of nitrogens with zero attached hydrogens (tertiary/aromatic N) is 1. The number of hydrogen-bond donors (Lipinski definition) is 1. The molecule has 1 aliphatic heterocycles. The summed E-state index contributed by atoms with van der Waals surface area (Å²) >= 11 is 0. The van der Waals surface area contributed by atoms with Crippen LogP contribution in [-0.2, 0) is 9.59 Å². The third-order valence-corrected chi connectivity index (χ3v) is 5.13. The van der Waals surface area contributed by atoms with Crippen LogP contribution < -0.4 is 5.32 Å². The second kappa shape index (κ2) is 5.31. The summed E-state index contributed by atoms with van der Waals surface area (Å²) in [5, 5.41) is 2.83. The fourth-order valence-corrected chi connectivity index (χ4v) is 4.01. The minimum atomic E-state index is -0.414. The first-order chi connectivity index (χ1) is 7.34. The van der Waals surface area contributed by atoms with Crippen LogP contribution in [0.4, 0.5) is 0 Å². The topological polar surface area (TPSA) is 49.4 Å². The van der Waals surface area contributed by atoms with Crippen molar-refractivity contribution in [1.29, 1.82) is 0 Å². The van der Waals surface area contributed by atoms with Gasteiger partial charge < -0.3 is 10.2 Å². The van der Waals surface area contributed by atoms with Gasteiger partial charge in [0, 0.05) is 25.6 Å². The van der Waals surface area contributed by atoms with Crippen molar-refractivity contribution in [1.82, 2.24) is 10.2 Å². The average molecular weight is 262 g/mol. The van der Waals surface area contributed by atoms with Gasteiger partial charge in [-0.25, -0.2) is 0 Å². The number of carbonyl (C=O) groups is 2. The Labute approximate surface area is 104 Å². The Morgan fingerprint density at radius 1 is 1.44 bits per heavy atom. The van der Waals surface area contributed by atoms with E-state index in [0.717, 1.165) is 5.75 Å². The molecule has 0 aliphatic carbocycles. The lowest BCUT2D eigenvalue weighted by Gasteiger charge is -2.30. The molecule has 0 aromatic rings. The molecule has 0 unspecified atom stereocenters. The van der Waals surface area contributed by atoms with Gasteiger partial charge in [0.2, 0.25) is 11.8 Å². The molecule has 92 valence electrons. The SMILES string of the molecule is CN(C)C(=O)[C@@H]1CSSCC(C)(C)C(=O)N1. The number of likely N-dealkylation sites (N-methyl/N-ethyl adjacent to an activating group) is 1. The Morgan fingerprint density at radius 2 is 2.06 bits per heavy atom. The fraction of sp³-hybridized carbons (Fsp3) is 0.800. The van der Waals surface area contributed by atoms with E-state index in [2.05, 4.69) is 5.32 Å². The maximum atomic E-state index is 11.9. The molecule has 4 nitrogen and oxygen atoms in total. The van der Waals surface area contributed by atoms with Crippen molar-refractivity contribution in [3.63, 3.8) is 0 Å². The number of nitrogens with one attached hydrogen (secondary N) is 1. The third-order valence-electron chi connectivity index (χ3n) is 2.40. The first-order valence-corrected chi connectivity index (χ1v) is 7.60. The van der Waals surface area contributed by atoms with E-state index in [1.807, 2.05) is 13.8 Å². The largest absolute Gasteiger partial charge is 0.347 e. The molecule has 1 heterocycles. The number of hydrogen-bond acceptors (Lipinski definition) is 4. The van der Waals surface area contributed by atoms with Crippen LogP contribution in [0.3, 0.4) is 0 Å². The van der Waals surface area contributed by atoms with Crippen LogP contribution in [0.25, 0.3) is 0 Å². The Bertz CT molecular complexity index is 293. The molecule has 0 bridgehead atoms. The summed E-state index contributed by atoms with van der Waals surface area (Å²) in [7, 11) is 6.71. The summed E-state index contributed by atoms with van der Waals surface area (Å²) in [4.78, 5) is 25.2. The molecule has 1 saturated heterocycles. The zero-order chi connectivity index (χ0) is 12.3. The molecule has 0 radical (unpaired) electrons. The number of rotatable bonds is 1. The summed E-state index contributed by atoms with van der Waals surface area (Å²) in [6.07, 6.45) is 0. The molecule has 0 aromatic carbocycles. The normalized spacial score (nSPS) is 25.2. The summed E-state index contributed by atoms with van der Waals surface area (Å²) in [5.41, 5.74) is -0.414. The summed E-state index contributed by atoms with van der Waals surface area (Å²) in [6.45, 7) is 3.80. The van der Waals surface area contributed by atoms with Gasteiger partial charge in [0.05, 0.1) is 5.41 Å². The summed E-state index contributed by atoms with van der Waals surface area (Å²) in [6, 6.07) is -0.403. The highest BCUT2D eigenvalue weighted by Gasteiger charge is 2.34. The van der Waals surface area contributed by atoms with E-state index in [-0.39, 0.29) is 11.8 Å². The molecule has 0 spiro atoms. The number of carbonyl (C=O) groups excluding carboxylic acids is 2. The highest BCUT2D eigenvalue weighted by molar-refractivity contribution is 8.76. The van der Waals surface area contributed by atoms with Crippen LogP contribution in [0, 0.1) is 5.41 Å². The van der Waals surface area contributed by atoms with Crippen LogP contribution in [0.5, 0.6) is 0 Å². The van der Waals surface area contributed by atoms with Gasteiger partial charge in [-0.15, -0.1) is 0 Å². The van der Waals surface area contributed by atoms with Crippen molar-refractivity contribution in [2.24, 2.45) is 5.41 Å². The van der Waals surface area contributed by atoms with Crippen LogP contribution in [-0.4, -0.2) is 48.4 Å². The van der Waals surface area contributed by atoms with Gasteiger partial charge in [0.15, 0.2) is 0 Å². The Hall–Kier alpha value is -0.360. The van der Waals surface area contributed by atoms with Gasteiger partial charge in [-0.1, -0.05) is 35.4 Å². The van der Waals surface area contributed by atoms with Crippen molar-refractivity contribution < 1.29 is 9.59 Å². The van der Waals surface area contributed by atoms with Crippen molar-refractivity contribution >= 4 is 33.4 Å². The first-order valence-electron chi connectivity index (χ1n) is 5.11.